The van der Waals surface area contributed by atoms with Crippen molar-refractivity contribution >= 4 is 0 Å². The Morgan fingerprint density at radius 3 is 2.75 bits per heavy atom. The number of hydrogen-bond acceptors (Lipinski definition) is 4. The smallest absolute Gasteiger partial charge is 0.306 e. The first kappa shape index (κ1) is 12.0. The molecule has 1 aromatic rings. The highest BCUT2D eigenvalue weighted by atomic mass is 16.5. The van der Waals surface area contributed by atoms with Crippen molar-refractivity contribution in [1.82, 2.24) is 9.99 Å². The van der Waals surface area contributed by atoms with Gasteiger partial charge in [-0.25, -0.2) is 0 Å². The Balaban J connectivity index is 2.87. The summed E-state index contributed by atoms with van der Waals surface area (Å²) >= 11 is 0. The molecule has 6 heteroatoms. The van der Waals surface area contributed by atoms with Gasteiger partial charge in [0.15, 0.2) is 5.75 Å². The summed E-state index contributed by atoms with van der Waals surface area (Å²) in [7, 11) is 1.44. The predicted octanol–water partition coefficient (Wildman–Crippen LogP) is 1.36. The molecule has 0 fully saturated rings. The topological polar surface area (TPSA) is 73.5 Å². The van der Waals surface area contributed by atoms with Crippen molar-refractivity contribution in [1.29, 1.82) is 5.39 Å². The third-order valence-electron chi connectivity index (χ3n) is 2.20. The van der Waals surface area contributed by atoms with E-state index in [1.807, 2.05) is 13.8 Å². The first-order valence-corrected chi connectivity index (χ1v) is 4.95. The van der Waals surface area contributed by atoms with E-state index in [1.54, 1.807) is 0 Å². The van der Waals surface area contributed by atoms with E-state index in [2.05, 4.69) is 10.1 Å². The van der Waals surface area contributed by atoms with Crippen LogP contribution in [0.3, 0.4) is 0 Å². The lowest BCUT2D eigenvalue weighted by Gasteiger charge is -2.08. The molecule has 0 spiro atoms. The summed E-state index contributed by atoms with van der Waals surface area (Å²) < 4.78 is 4.85. The molecule has 0 radical (unpaired) electrons. The number of pyridine rings is 1. The SMILES string of the molecule is COc1c[nH]c(CN([N+]#N)C(C)C)cc1=O. The lowest BCUT2D eigenvalue weighted by molar-refractivity contribution is 0.288. The number of H-pyrrole nitrogens is 1. The molecular formula is C10H15N4O2+. The summed E-state index contributed by atoms with van der Waals surface area (Å²) in [6, 6.07) is 1.48. The minimum Gasteiger partial charge on any atom is -0.491 e. The molecule has 6 nitrogen and oxygen atoms in total. The number of nitrogens with one attached hydrogen (secondary N) is 1. The second kappa shape index (κ2) is 5.16. The van der Waals surface area contributed by atoms with Gasteiger partial charge in [-0.3, -0.25) is 4.79 Å². The van der Waals surface area contributed by atoms with Gasteiger partial charge in [-0.15, -0.1) is 0 Å². The molecule has 0 saturated heterocycles. The highest BCUT2D eigenvalue weighted by Crippen LogP contribution is 2.07. The Hall–Kier alpha value is -2.03. The van der Waals surface area contributed by atoms with Gasteiger partial charge in [0.25, 0.3) is 5.39 Å². The molecular weight excluding hydrogens is 208 g/mol. The summed E-state index contributed by atoms with van der Waals surface area (Å²) in [4.78, 5) is 14.4. The maximum atomic E-state index is 11.5. The Morgan fingerprint density at radius 2 is 2.31 bits per heavy atom. The molecule has 0 aliphatic carbocycles. The molecule has 1 N–H and O–H groups in total. The van der Waals surface area contributed by atoms with Crippen molar-refractivity contribution in [2.75, 3.05) is 7.11 Å². The van der Waals surface area contributed by atoms with Crippen LogP contribution in [0.2, 0.25) is 0 Å². The Labute approximate surface area is 93.4 Å². The minimum atomic E-state index is -0.196. The molecule has 0 atom stereocenters. The van der Waals surface area contributed by atoms with Crippen molar-refractivity contribution in [3.8, 4) is 5.75 Å². The van der Waals surface area contributed by atoms with E-state index >= 15 is 0 Å². The third-order valence-corrected chi connectivity index (χ3v) is 2.20. The molecule has 0 saturated carbocycles. The highest BCUT2D eigenvalue weighted by molar-refractivity contribution is 5.20. The van der Waals surface area contributed by atoms with Crippen molar-refractivity contribution in [2.45, 2.75) is 26.4 Å². The Morgan fingerprint density at radius 1 is 1.62 bits per heavy atom. The van der Waals surface area contributed by atoms with E-state index in [0.29, 0.717) is 12.2 Å². The minimum absolute atomic E-state index is 0.0515. The van der Waals surface area contributed by atoms with E-state index in [0.717, 1.165) is 0 Å². The van der Waals surface area contributed by atoms with Gasteiger partial charge in [-0.2, -0.15) is 0 Å². The summed E-state index contributed by atoms with van der Waals surface area (Å²) in [5.41, 5.74) is 0.468. The number of hydrogen-bond donors (Lipinski definition) is 1. The van der Waals surface area contributed by atoms with Gasteiger partial charge < -0.3 is 9.72 Å². The maximum Gasteiger partial charge on any atom is 0.306 e. The van der Waals surface area contributed by atoms with Gasteiger partial charge in [0.2, 0.25) is 5.43 Å². The van der Waals surface area contributed by atoms with Crippen LogP contribution in [0.4, 0.5) is 0 Å². The second-order valence-corrected chi connectivity index (χ2v) is 3.67. The average Bonchev–Trinajstić information content (AvgIpc) is 2.25. The quantitative estimate of drug-likeness (QED) is 0.618. The molecule has 1 rings (SSSR count). The zero-order valence-corrected chi connectivity index (χ0v) is 9.60. The van der Waals surface area contributed by atoms with Crippen LogP contribution >= 0.6 is 0 Å². The Bertz CT molecular complexity index is 447. The molecule has 0 aromatic carbocycles. The molecule has 86 valence electrons. The number of methoxy groups -OCH3 is 1. The number of aromatic nitrogens is 1. The van der Waals surface area contributed by atoms with E-state index < -0.39 is 0 Å². The maximum absolute atomic E-state index is 11.5. The van der Waals surface area contributed by atoms with Crippen LogP contribution in [-0.2, 0) is 6.54 Å². The van der Waals surface area contributed by atoms with E-state index in [1.165, 1.54) is 24.4 Å². The summed E-state index contributed by atoms with van der Waals surface area (Å²) in [5.74, 6) is 0.265. The lowest BCUT2D eigenvalue weighted by atomic mass is 10.3. The zero-order chi connectivity index (χ0) is 12.1. The zero-order valence-electron chi connectivity index (χ0n) is 9.60. The number of diazo groups is 1. The van der Waals surface area contributed by atoms with Crippen LogP contribution in [-0.4, -0.2) is 23.1 Å². The summed E-state index contributed by atoms with van der Waals surface area (Å²) in [5, 5.41) is 13.4. The van der Waals surface area contributed by atoms with Crippen LogP contribution in [0.1, 0.15) is 19.5 Å². The van der Waals surface area contributed by atoms with E-state index in [4.69, 9.17) is 10.1 Å². The van der Waals surface area contributed by atoms with Crippen molar-refractivity contribution in [2.24, 2.45) is 0 Å². The molecule has 16 heavy (non-hydrogen) atoms. The molecule has 0 bridgehead atoms. The number of aromatic amines is 1. The molecule has 1 heterocycles. The first-order valence-electron chi connectivity index (χ1n) is 4.95. The highest BCUT2D eigenvalue weighted by Gasteiger charge is 2.19. The fourth-order valence-electron chi connectivity index (χ4n) is 1.24. The van der Waals surface area contributed by atoms with E-state index in [-0.39, 0.29) is 17.2 Å². The lowest BCUT2D eigenvalue weighted by Crippen LogP contribution is -2.24. The van der Waals surface area contributed by atoms with E-state index in [9.17, 15) is 4.79 Å². The number of ether oxygens (including phenoxy) is 1. The van der Waals surface area contributed by atoms with Gasteiger partial charge in [0, 0.05) is 18.0 Å². The van der Waals surface area contributed by atoms with Crippen molar-refractivity contribution < 1.29 is 4.74 Å². The summed E-state index contributed by atoms with van der Waals surface area (Å²) in [6.07, 6.45) is 1.49. The average molecular weight is 223 g/mol. The van der Waals surface area contributed by atoms with Crippen LogP contribution in [0.15, 0.2) is 17.1 Å². The second-order valence-electron chi connectivity index (χ2n) is 3.67. The normalized spacial score (nSPS) is 9.94. The first-order chi connectivity index (χ1) is 7.58. The van der Waals surface area contributed by atoms with Crippen molar-refractivity contribution in [3.63, 3.8) is 0 Å². The standard InChI is InChI=1S/C10H14N4O2/c1-7(2)14(13-11)6-8-4-9(15)10(16-3)5-12-8/h4-5,7H,6H2,1-3H3/p+1. The molecule has 0 aliphatic rings. The van der Waals surface area contributed by atoms with Gasteiger partial charge in [0.05, 0.1) is 13.2 Å². The van der Waals surface area contributed by atoms with Gasteiger partial charge in [0.1, 0.15) is 6.54 Å². The number of nitrogens with zero attached hydrogens (tertiary/aromatic N) is 3. The molecule has 0 amide bonds. The monoisotopic (exact) mass is 223 g/mol. The van der Waals surface area contributed by atoms with Gasteiger partial charge in [-0.05, 0) is 18.9 Å². The van der Waals surface area contributed by atoms with Crippen molar-refractivity contribution in [3.05, 3.63) is 33.3 Å². The van der Waals surface area contributed by atoms with Crippen LogP contribution in [0.25, 0.3) is 5.08 Å². The van der Waals surface area contributed by atoms with Crippen LogP contribution in [0, 0.1) is 5.39 Å². The van der Waals surface area contributed by atoms with Crippen LogP contribution < -0.4 is 10.2 Å². The molecule has 0 aliphatic heterocycles. The Kier molecular flexibility index (Phi) is 3.89. The fraction of sp³-hybridized carbons (Fsp3) is 0.500. The predicted molar refractivity (Wildman–Crippen MR) is 59.4 cm³/mol. The van der Waals surface area contributed by atoms with Gasteiger partial charge in [-0.1, -0.05) is 0 Å². The van der Waals surface area contributed by atoms with Crippen LogP contribution in [0.5, 0.6) is 5.75 Å². The number of rotatable bonds is 4. The van der Waals surface area contributed by atoms with Gasteiger partial charge >= 0.3 is 5.08 Å². The molecule has 1 aromatic heterocycles. The largest absolute Gasteiger partial charge is 0.491 e. The molecule has 0 unspecified atom stereocenters. The summed E-state index contributed by atoms with van der Waals surface area (Å²) in [6.45, 7) is 4.12. The third kappa shape index (κ3) is 2.73. The fourth-order valence-corrected chi connectivity index (χ4v) is 1.24.